The Bertz CT molecular complexity index is 937. The van der Waals surface area contributed by atoms with Crippen LogP contribution < -0.4 is 16.1 Å². The summed E-state index contributed by atoms with van der Waals surface area (Å²) >= 11 is 0. The van der Waals surface area contributed by atoms with E-state index in [2.05, 4.69) is 10.6 Å². The van der Waals surface area contributed by atoms with E-state index in [9.17, 15) is 18.8 Å². The predicted octanol–water partition coefficient (Wildman–Crippen LogP) is 2.95. The van der Waals surface area contributed by atoms with Gasteiger partial charge in [-0.05, 0) is 50.5 Å². The van der Waals surface area contributed by atoms with Gasteiger partial charge in [0, 0.05) is 31.5 Å². The monoisotopic (exact) mass is 387 g/mol. The second kappa shape index (κ2) is 9.30. The van der Waals surface area contributed by atoms with E-state index in [1.807, 2.05) is 20.8 Å². The number of amides is 2. The van der Waals surface area contributed by atoms with E-state index in [-0.39, 0.29) is 23.7 Å². The molecule has 0 bridgehead atoms. The molecule has 1 aromatic carbocycles. The Labute approximate surface area is 163 Å². The van der Waals surface area contributed by atoms with Gasteiger partial charge < -0.3 is 15.2 Å². The van der Waals surface area contributed by atoms with Crippen molar-refractivity contribution in [1.82, 2.24) is 15.2 Å². The van der Waals surface area contributed by atoms with Crippen LogP contribution in [0.2, 0.25) is 0 Å². The van der Waals surface area contributed by atoms with Gasteiger partial charge in [0.15, 0.2) is 0 Å². The summed E-state index contributed by atoms with van der Waals surface area (Å²) in [6, 6.07) is 4.33. The minimum atomic E-state index is -0.626. The van der Waals surface area contributed by atoms with Gasteiger partial charge in [0.05, 0.1) is 0 Å². The SMILES string of the molecule is CCNC(=O)c1cn([C@H](C)CC)cc(C(=O)NCc2cc(F)ccc2C)c1=O. The predicted molar refractivity (Wildman–Crippen MR) is 106 cm³/mol. The molecule has 2 N–H and O–H groups in total. The van der Waals surface area contributed by atoms with E-state index in [0.29, 0.717) is 12.1 Å². The highest BCUT2D eigenvalue weighted by Crippen LogP contribution is 2.13. The summed E-state index contributed by atoms with van der Waals surface area (Å²) in [7, 11) is 0. The molecule has 0 aliphatic heterocycles. The highest BCUT2D eigenvalue weighted by Gasteiger charge is 2.20. The topological polar surface area (TPSA) is 80.2 Å². The molecule has 7 heteroatoms. The van der Waals surface area contributed by atoms with Gasteiger partial charge in [-0.25, -0.2) is 4.39 Å². The molecule has 6 nitrogen and oxygen atoms in total. The third-order valence-corrected chi connectivity index (χ3v) is 4.72. The fraction of sp³-hybridized carbons (Fsp3) is 0.381. The first kappa shape index (κ1) is 21.3. The Morgan fingerprint density at radius 2 is 1.71 bits per heavy atom. The van der Waals surface area contributed by atoms with Crippen LogP contribution >= 0.6 is 0 Å². The third kappa shape index (κ3) is 4.85. The van der Waals surface area contributed by atoms with Crippen LogP contribution in [0.4, 0.5) is 4.39 Å². The molecule has 1 heterocycles. The second-order valence-corrected chi connectivity index (χ2v) is 6.73. The van der Waals surface area contributed by atoms with Crippen LogP contribution in [-0.2, 0) is 6.54 Å². The molecule has 0 spiro atoms. The molecule has 2 rings (SSSR count). The Morgan fingerprint density at radius 3 is 2.29 bits per heavy atom. The van der Waals surface area contributed by atoms with E-state index in [0.717, 1.165) is 12.0 Å². The van der Waals surface area contributed by atoms with Crippen molar-refractivity contribution in [2.75, 3.05) is 6.54 Å². The molecule has 0 radical (unpaired) electrons. The van der Waals surface area contributed by atoms with Crippen molar-refractivity contribution in [3.63, 3.8) is 0 Å². The van der Waals surface area contributed by atoms with Gasteiger partial charge in [0.25, 0.3) is 11.8 Å². The Kier molecular flexibility index (Phi) is 7.09. The van der Waals surface area contributed by atoms with Gasteiger partial charge in [-0.2, -0.15) is 0 Å². The number of carbonyl (C=O) groups is 2. The quantitative estimate of drug-likeness (QED) is 0.767. The minimum Gasteiger partial charge on any atom is -0.352 e. The van der Waals surface area contributed by atoms with E-state index in [4.69, 9.17) is 0 Å². The fourth-order valence-corrected chi connectivity index (χ4v) is 2.74. The molecule has 150 valence electrons. The molecule has 0 unspecified atom stereocenters. The van der Waals surface area contributed by atoms with Gasteiger partial charge in [0.2, 0.25) is 5.43 Å². The summed E-state index contributed by atoms with van der Waals surface area (Å²) < 4.78 is 15.1. The van der Waals surface area contributed by atoms with E-state index >= 15 is 0 Å². The standard InChI is InChI=1S/C21H26FN3O3/c1-5-14(4)25-11-17(20(27)23-6-2)19(26)18(12-25)21(28)24-10-15-9-16(22)8-7-13(15)3/h7-9,11-12,14H,5-6,10H2,1-4H3,(H,23,27)(H,24,28)/t14-/m1/s1. The van der Waals surface area contributed by atoms with Gasteiger partial charge >= 0.3 is 0 Å². The molecule has 1 aromatic heterocycles. The van der Waals surface area contributed by atoms with Crippen LogP contribution in [0.3, 0.4) is 0 Å². The average Bonchev–Trinajstić information content (AvgIpc) is 2.68. The molecule has 2 amide bonds. The number of halogens is 1. The van der Waals surface area contributed by atoms with Crippen molar-refractivity contribution in [2.45, 2.75) is 46.7 Å². The highest BCUT2D eigenvalue weighted by molar-refractivity contribution is 5.99. The number of aromatic nitrogens is 1. The van der Waals surface area contributed by atoms with Crippen molar-refractivity contribution < 1.29 is 14.0 Å². The molecule has 1 atom stereocenters. The van der Waals surface area contributed by atoms with Gasteiger partial charge in [-0.15, -0.1) is 0 Å². The van der Waals surface area contributed by atoms with Crippen LogP contribution in [0.25, 0.3) is 0 Å². The number of benzene rings is 1. The van der Waals surface area contributed by atoms with Crippen molar-refractivity contribution in [2.24, 2.45) is 0 Å². The molecule has 0 saturated heterocycles. The zero-order valence-electron chi connectivity index (χ0n) is 16.6. The maximum absolute atomic E-state index is 13.4. The van der Waals surface area contributed by atoms with Crippen molar-refractivity contribution in [3.05, 3.63) is 68.9 Å². The largest absolute Gasteiger partial charge is 0.352 e. The lowest BCUT2D eigenvalue weighted by molar-refractivity contribution is 0.0948. The first-order valence-electron chi connectivity index (χ1n) is 9.35. The normalized spacial score (nSPS) is 11.8. The average molecular weight is 387 g/mol. The lowest BCUT2D eigenvalue weighted by Gasteiger charge is -2.17. The molecule has 2 aromatic rings. The van der Waals surface area contributed by atoms with Crippen molar-refractivity contribution in [3.8, 4) is 0 Å². The summed E-state index contributed by atoms with van der Waals surface area (Å²) in [6.07, 6.45) is 3.71. The lowest BCUT2D eigenvalue weighted by atomic mass is 10.1. The highest BCUT2D eigenvalue weighted by atomic mass is 19.1. The number of hydrogen-bond donors (Lipinski definition) is 2. The van der Waals surface area contributed by atoms with Crippen LogP contribution in [-0.4, -0.2) is 22.9 Å². The number of nitrogens with zero attached hydrogens (tertiary/aromatic N) is 1. The summed E-state index contributed by atoms with van der Waals surface area (Å²) in [5.74, 6) is -1.51. The molecule has 0 aliphatic rings. The molecule has 0 fully saturated rings. The minimum absolute atomic E-state index is 0.00536. The maximum Gasteiger partial charge on any atom is 0.257 e. The second-order valence-electron chi connectivity index (χ2n) is 6.73. The van der Waals surface area contributed by atoms with E-state index in [1.165, 1.54) is 24.5 Å². The van der Waals surface area contributed by atoms with E-state index in [1.54, 1.807) is 17.6 Å². The molecular weight excluding hydrogens is 361 g/mol. The smallest absolute Gasteiger partial charge is 0.257 e. The molecule has 0 aliphatic carbocycles. The van der Waals surface area contributed by atoms with Gasteiger partial charge in [0.1, 0.15) is 16.9 Å². The molecular formula is C21H26FN3O3. The summed E-state index contributed by atoms with van der Waals surface area (Å²) in [4.78, 5) is 37.7. The van der Waals surface area contributed by atoms with Crippen LogP contribution in [0.5, 0.6) is 0 Å². The van der Waals surface area contributed by atoms with Gasteiger partial charge in [-0.1, -0.05) is 13.0 Å². The lowest BCUT2D eigenvalue weighted by Crippen LogP contribution is -2.35. The molecule has 28 heavy (non-hydrogen) atoms. The Morgan fingerprint density at radius 1 is 1.11 bits per heavy atom. The van der Waals surface area contributed by atoms with E-state index < -0.39 is 23.1 Å². The molecule has 0 saturated carbocycles. The summed E-state index contributed by atoms with van der Waals surface area (Å²) in [5.41, 5.74) is 0.638. The number of hydrogen-bond acceptors (Lipinski definition) is 3. The van der Waals surface area contributed by atoms with Crippen LogP contribution in [0, 0.1) is 12.7 Å². The first-order chi connectivity index (χ1) is 13.3. The number of aryl methyl sites for hydroxylation is 1. The number of pyridine rings is 1. The number of rotatable bonds is 7. The first-order valence-corrected chi connectivity index (χ1v) is 9.35. The number of carbonyl (C=O) groups excluding carboxylic acids is 2. The zero-order valence-corrected chi connectivity index (χ0v) is 16.6. The zero-order chi connectivity index (χ0) is 20.8. The summed E-state index contributed by atoms with van der Waals surface area (Å²) in [5, 5.41) is 5.25. The van der Waals surface area contributed by atoms with Crippen LogP contribution in [0.1, 0.15) is 65.1 Å². The summed E-state index contributed by atoms with van der Waals surface area (Å²) in [6.45, 7) is 7.92. The van der Waals surface area contributed by atoms with Crippen LogP contribution in [0.15, 0.2) is 35.4 Å². The number of nitrogens with one attached hydrogen (secondary N) is 2. The maximum atomic E-state index is 13.4. The Hall–Kier alpha value is -2.96. The Balaban J connectivity index is 2.37. The van der Waals surface area contributed by atoms with Gasteiger partial charge in [-0.3, -0.25) is 14.4 Å². The van der Waals surface area contributed by atoms with Crippen molar-refractivity contribution >= 4 is 11.8 Å². The van der Waals surface area contributed by atoms with Crippen molar-refractivity contribution in [1.29, 1.82) is 0 Å². The fourth-order valence-electron chi connectivity index (χ4n) is 2.74. The third-order valence-electron chi connectivity index (χ3n) is 4.72.